The molecule has 0 amide bonds. The Morgan fingerprint density at radius 3 is 2.68 bits per heavy atom. The number of benzene rings is 2. The van der Waals surface area contributed by atoms with Crippen LogP contribution in [0.15, 0.2) is 48.9 Å². The van der Waals surface area contributed by atoms with Crippen LogP contribution in [-0.4, -0.2) is 39.2 Å². The molecule has 2 aromatic heterocycles. The van der Waals surface area contributed by atoms with Crippen molar-refractivity contribution >= 4 is 29.2 Å². The highest BCUT2D eigenvalue weighted by Crippen LogP contribution is 2.32. The number of aromatic nitrogens is 4. The summed E-state index contributed by atoms with van der Waals surface area (Å²) < 4.78 is 45.4. The molecule has 158 valence electrons. The fourth-order valence-corrected chi connectivity index (χ4v) is 3.25. The maximum Gasteiger partial charge on any atom is 0.533 e. The van der Waals surface area contributed by atoms with Gasteiger partial charge >= 0.3 is 7.12 Å². The molecule has 2 heterocycles. The molecule has 0 saturated carbocycles. The molecule has 0 saturated heterocycles. The number of methoxy groups -OCH3 is 1. The first-order valence-electron chi connectivity index (χ1n) is 8.94. The molecule has 2 aromatic carbocycles. The van der Waals surface area contributed by atoms with Crippen molar-refractivity contribution in [2.24, 2.45) is 0 Å². The lowest BCUT2D eigenvalue weighted by atomic mass is 9.77. The van der Waals surface area contributed by atoms with Crippen molar-refractivity contribution in [2.45, 2.75) is 6.43 Å². The number of halogens is 3. The highest BCUT2D eigenvalue weighted by Gasteiger charge is 2.26. The van der Waals surface area contributed by atoms with Gasteiger partial charge in [0.25, 0.3) is 6.43 Å². The second-order valence-corrected chi connectivity index (χ2v) is 6.60. The summed E-state index contributed by atoms with van der Waals surface area (Å²) >= 11 is 0. The average Bonchev–Trinajstić information content (AvgIpc) is 3.28. The van der Waals surface area contributed by atoms with Gasteiger partial charge in [-0.15, -0.1) is 0 Å². The van der Waals surface area contributed by atoms with Crippen LogP contribution in [0.2, 0.25) is 0 Å². The Bertz CT molecular complexity index is 1250. The summed E-state index contributed by atoms with van der Waals surface area (Å²) in [6.07, 6.45) is 0.924. The maximum absolute atomic E-state index is 13.1. The first kappa shape index (κ1) is 20.6. The second kappa shape index (κ2) is 8.24. The lowest BCUT2D eigenvalue weighted by Gasteiger charge is -2.16. The van der Waals surface area contributed by atoms with Gasteiger partial charge in [0.1, 0.15) is 5.75 Å². The molecule has 4 rings (SSSR count). The molecule has 31 heavy (non-hydrogen) atoms. The fourth-order valence-electron chi connectivity index (χ4n) is 3.25. The van der Waals surface area contributed by atoms with Crippen LogP contribution < -0.4 is 15.9 Å². The van der Waals surface area contributed by atoms with Gasteiger partial charge in [-0.25, -0.2) is 18.3 Å². The van der Waals surface area contributed by atoms with E-state index in [9.17, 15) is 18.3 Å². The minimum atomic E-state index is -2.71. The van der Waals surface area contributed by atoms with Crippen LogP contribution in [0.3, 0.4) is 0 Å². The number of fused-ring (bicyclic) bond motifs is 1. The highest BCUT2D eigenvalue weighted by atomic mass is 19.3. The molecule has 12 heteroatoms. The number of nitrogens with two attached hydrogens (primary N) is 1. The molecule has 0 aliphatic heterocycles. The molecule has 0 aliphatic carbocycles. The number of rotatable bonds is 6. The van der Waals surface area contributed by atoms with E-state index < -0.39 is 13.5 Å². The third-order valence-corrected chi connectivity index (χ3v) is 4.78. The molecule has 0 atom stereocenters. The normalized spacial score (nSPS) is 11.3. The third kappa shape index (κ3) is 3.78. The van der Waals surface area contributed by atoms with E-state index in [1.807, 2.05) is 0 Å². The highest BCUT2D eigenvalue weighted by molar-refractivity contribution is 6.61. The first-order valence-corrected chi connectivity index (χ1v) is 8.94. The number of nitrogen functional groups attached to an aromatic ring is 1. The van der Waals surface area contributed by atoms with Gasteiger partial charge in [-0.1, -0.05) is 10.6 Å². The Balaban J connectivity index is 1.97. The van der Waals surface area contributed by atoms with Crippen molar-refractivity contribution < 1.29 is 27.9 Å². The summed E-state index contributed by atoms with van der Waals surface area (Å²) in [4.78, 5) is 3.55. The van der Waals surface area contributed by atoms with Gasteiger partial charge in [0.15, 0.2) is 0 Å². The molecule has 3 N–H and O–H groups in total. The summed E-state index contributed by atoms with van der Waals surface area (Å²) in [5.74, 6) is 0.0721. The molecule has 8 nitrogen and oxygen atoms in total. The van der Waals surface area contributed by atoms with E-state index >= 15 is 0 Å². The lowest BCUT2D eigenvalue weighted by Crippen LogP contribution is -2.33. The van der Waals surface area contributed by atoms with Crippen molar-refractivity contribution in [1.29, 1.82) is 0 Å². The van der Waals surface area contributed by atoms with Crippen LogP contribution >= 0.6 is 0 Å². The van der Waals surface area contributed by atoms with E-state index in [1.54, 1.807) is 18.2 Å². The van der Waals surface area contributed by atoms with Gasteiger partial charge in [0, 0.05) is 28.7 Å². The number of nitrogens with zero attached hydrogens (tertiary/aromatic N) is 4. The van der Waals surface area contributed by atoms with E-state index in [4.69, 9.17) is 10.5 Å². The molecule has 0 spiro atoms. The number of alkyl halides is 2. The quantitative estimate of drug-likeness (QED) is 0.454. The Morgan fingerprint density at radius 2 is 2.00 bits per heavy atom. The van der Waals surface area contributed by atoms with Crippen LogP contribution in [0, 0.1) is 0 Å². The standard InChI is InChI=1S/C19H15BF3N5O3/c1-30-18-6-17(28-9-11(7-26-28)19(21)22)13(5-14(18)20(29)31-23)10-2-3-12-15(24)8-25-27-16(12)4-10/h2-9,19,29H,1H3,(H2,24,27). The van der Waals surface area contributed by atoms with E-state index in [1.165, 1.54) is 36.3 Å². The van der Waals surface area contributed by atoms with Crippen LogP contribution in [0.25, 0.3) is 27.7 Å². The van der Waals surface area contributed by atoms with Gasteiger partial charge in [-0.05, 0) is 23.8 Å². The predicted molar refractivity (Wildman–Crippen MR) is 108 cm³/mol. The summed E-state index contributed by atoms with van der Waals surface area (Å²) in [6.45, 7) is 0. The van der Waals surface area contributed by atoms with Crippen molar-refractivity contribution in [3.63, 3.8) is 0 Å². The number of ether oxygens (including phenoxy) is 1. The molecule has 0 fully saturated rings. The predicted octanol–water partition coefficient (Wildman–Crippen LogP) is 2.60. The lowest BCUT2D eigenvalue weighted by molar-refractivity contribution is -0.0268. The van der Waals surface area contributed by atoms with Crippen LogP contribution in [0.4, 0.5) is 19.0 Å². The molecule has 0 aliphatic rings. The molecule has 0 unspecified atom stereocenters. The van der Waals surface area contributed by atoms with Crippen molar-refractivity contribution in [2.75, 3.05) is 12.8 Å². The van der Waals surface area contributed by atoms with Crippen LogP contribution in [-0.2, 0) is 4.86 Å². The Labute approximate surface area is 174 Å². The zero-order valence-corrected chi connectivity index (χ0v) is 16.0. The topological polar surface area (TPSA) is 108 Å². The molecule has 0 bridgehead atoms. The summed E-state index contributed by atoms with van der Waals surface area (Å²) in [7, 11) is -0.608. The molecular weight excluding hydrogens is 414 g/mol. The van der Waals surface area contributed by atoms with E-state index in [0.29, 0.717) is 33.4 Å². The van der Waals surface area contributed by atoms with Gasteiger partial charge in [0.2, 0.25) is 0 Å². The number of hydrogen-bond acceptors (Lipinski definition) is 7. The smallest absolute Gasteiger partial charge is 0.497 e. The second-order valence-electron chi connectivity index (χ2n) is 6.60. The summed E-state index contributed by atoms with van der Waals surface area (Å²) in [5, 5.41) is 22.5. The van der Waals surface area contributed by atoms with Crippen LogP contribution in [0.1, 0.15) is 12.0 Å². The van der Waals surface area contributed by atoms with Crippen molar-refractivity contribution in [3.8, 4) is 22.6 Å². The minimum absolute atomic E-state index is 0.0104. The molecule has 0 radical (unpaired) electrons. The molecule has 4 aromatic rings. The monoisotopic (exact) mass is 429 g/mol. The SMILES string of the molecule is COc1cc(-n2cc(C(F)F)cn2)c(-c2ccc3c(N)cnnc3c2)cc1B(O)OF. The van der Waals surface area contributed by atoms with Gasteiger partial charge in [-0.3, -0.25) is 0 Å². The van der Waals surface area contributed by atoms with E-state index in [0.717, 1.165) is 6.20 Å². The Kier molecular flexibility index (Phi) is 5.49. The molecular formula is C19H15BF3N5O3. The van der Waals surface area contributed by atoms with Crippen molar-refractivity contribution in [1.82, 2.24) is 20.0 Å². The fraction of sp³-hybridized carbons (Fsp3) is 0.105. The van der Waals surface area contributed by atoms with Crippen LogP contribution in [0.5, 0.6) is 5.75 Å². The average molecular weight is 429 g/mol. The number of hydrogen-bond donors (Lipinski definition) is 2. The Hall–Kier alpha value is -3.64. The van der Waals surface area contributed by atoms with Crippen molar-refractivity contribution in [3.05, 3.63) is 54.5 Å². The summed E-state index contributed by atoms with van der Waals surface area (Å²) in [6, 6.07) is 7.97. The Morgan fingerprint density at radius 1 is 1.19 bits per heavy atom. The van der Waals surface area contributed by atoms with E-state index in [2.05, 4.69) is 20.2 Å². The largest absolute Gasteiger partial charge is 0.533 e. The first-order chi connectivity index (χ1) is 14.9. The van der Waals surface area contributed by atoms with Gasteiger partial charge < -0.3 is 15.5 Å². The zero-order valence-electron chi connectivity index (χ0n) is 16.0. The zero-order chi connectivity index (χ0) is 22.1. The maximum atomic E-state index is 13.1. The van der Waals surface area contributed by atoms with E-state index in [-0.39, 0.29) is 16.8 Å². The third-order valence-electron chi connectivity index (χ3n) is 4.78. The summed E-state index contributed by atoms with van der Waals surface area (Å²) in [5.41, 5.74) is 7.87. The van der Waals surface area contributed by atoms with Gasteiger partial charge in [-0.2, -0.15) is 15.3 Å². The van der Waals surface area contributed by atoms with Gasteiger partial charge in [0.05, 0.1) is 42.0 Å². The minimum Gasteiger partial charge on any atom is -0.497 e. The number of anilines is 1.